The average molecular weight is 737 g/mol. The van der Waals surface area contributed by atoms with Gasteiger partial charge in [-0.1, -0.05) is 43.8 Å². The minimum Gasteiger partial charge on any atom is -0.484 e. The quantitative estimate of drug-likeness (QED) is 0.123. The number of benzene rings is 1. The predicted molar refractivity (Wildman–Crippen MR) is 191 cm³/mol. The highest BCUT2D eigenvalue weighted by Crippen LogP contribution is 2.50. The highest BCUT2D eigenvalue weighted by molar-refractivity contribution is 8.13. The van der Waals surface area contributed by atoms with Gasteiger partial charge < -0.3 is 38.4 Å². The molecule has 2 aromatic heterocycles. The number of thioether (sulfide) groups is 1. The SMILES string of the molecule is CO[C@H]1C(OP(OCCOCCSC(=O)C(C)C)N(C(C)C)C(C)C)[C@@H](CO)O[C@H]1n1cnc2c(NC(=O)COc3ccccc3)ncnc21. The van der Waals surface area contributed by atoms with Crippen molar-refractivity contribution < 1.29 is 42.7 Å². The smallest absolute Gasteiger partial charge is 0.263 e. The van der Waals surface area contributed by atoms with E-state index in [0.717, 1.165) is 0 Å². The lowest BCUT2D eigenvalue weighted by molar-refractivity contribution is -0.118. The molecule has 276 valence electrons. The van der Waals surface area contributed by atoms with Crippen LogP contribution in [-0.2, 0) is 32.8 Å². The Hall–Kier alpha value is -2.79. The van der Waals surface area contributed by atoms with Gasteiger partial charge in [-0.25, -0.2) is 19.6 Å². The van der Waals surface area contributed by atoms with E-state index in [1.54, 1.807) is 23.8 Å². The molecular formula is C33H49N6O9PS. The predicted octanol–water partition coefficient (Wildman–Crippen LogP) is 4.43. The van der Waals surface area contributed by atoms with Crippen molar-refractivity contribution in [3.8, 4) is 5.75 Å². The zero-order valence-corrected chi connectivity index (χ0v) is 31.3. The van der Waals surface area contributed by atoms with E-state index in [4.69, 9.17) is 28.0 Å². The Kier molecular flexibility index (Phi) is 15.8. The Balaban J connectivity index is 1.46. The molecule has 4 rings (SSSR count). The van der Waals surface area contributed by atoms with E-state index in [1.807, 2.05) is 32.0 Å². The number of hydrogen-bond acceptors (Lipinski definition) is 14. The van der Waals surface area contributed by atoms with E-state index >= 15 is 0 Å². The molecular weight excluding hydrogens is 687 g/mol. The molecule has 3 aromatic rings. The number of carbonyl (C=O) groups excluding carboxylic acids is 2. The number of rotatable bonds is 20. The standard InChI is InChI=1S/C33H49N6O9PS/c1-21(2)33(42)50-16-15-44-13-14-46-49(39(22(3)4)23(5)6)48-28-25(17-40)47-32(29(28)43-7)38-20-36-27-30(34-19-35-31(27)38)37-26(41)18-45-24-11-9-8-10-12-24/h8-12,19-23,25,28-29,32,40H,13-18H2,1-7H3,(H,34,35,37,41)/t25-,28?,29+,32-,49?/m1/s1. The number of imidazole rings is 1. The number of carbonyl (C=O) groups is 2. The van der Waals surface area contributed by atoms with Crippen LogP contribution in [0.15, 0.2) is 43.0 Å². The number of methoxy groups -OCH3 is 1. The zero-order chi connectivity index (χ0) is 36.2. The number of ether oxygens (including phenoxy) is 4. The van der Waals surface area contributed by atoms with E-state index in [-0.39, 0.29) is 48.8 Å². The van der Waals surface area contributed by atoms with Gasteiger partial charge in [0.1, 0.15) is 30.4 Å². The number of aromatic nitrogens is 4. The van der Waals surface area contributed by atoms with Crippen LogP contribution in [0.3, 0.4) is 0 Å². The van der Waals surface area contributed by atoms with Gasteiger partial charge in [-0.3, -0.25) is 14.2 Å². The van der Waals surface area contributed by atoms with Crippen LogP contribution < -0.4 is 10.1 Å². The lowest BCUT2D eigenvalue weighted by Crippen LogP contribution is -2.40. The molecule has 2 unspecified atom stereocenters. The summed E-state index contributed by atoms with van der Waals surface area (Å²) in [6.45, 7) is 12.5. The first-order valence-electron chi connectivity index (χ1n) is 16.6. The van der Waals surface area contributed by atoms with Crippen LogP contribution in [0.2, 0.25) is 0 Å². The molecule has 0 spiro atoms. The van der Waals surface area contributed by atoms with Crippen molar-refractivity contribution in [2.45, 2.75) is 78.2 Å². The molecule has 1 saturated heterocycles. The van der Waals surface area contributed by atoms with E-state index in [1.165, 1.54) is 24.4 Å². The van der Waals surface area contributed by atoms with Crippen molar-refractivity contribution >= 4 is 48.3 Å². The second-order valence-electron chi connectivity index (χ2n) is 12.3. The topological polar surface area (TPSA) is 169 Å². The third-order valence-electron chi connectivity index (χ3n) is 7.57. The molecule has 1 aliphatic rings. The number of fused-ring (bicyclic) bond motifs is 1. The fourth-order valence-corrected chi connectivity index (χ4v) is 7.78. The molecule has 0 bridgehead atoms. The largest absolute Gasteiger partial charge is 0.484 e. The Morgan fingerprint density at radius 1 is 1.04 bits per heavy atom. The van der Waals surface area contributed by atoms with Gasteiger partial charge in [0.15, 0.2) is 34.9 Å². The van der Waals surface area contributed by atoms with Crippen molar-refractivity contribution in [2.24, 2.45) is 5.92 Å². The zero-order valence-electron chi connectivity index (χ0n) is 29.6. The summed E-state index contributed by atoms with van der Waals surface area (Å²) in [6.07, 6.45) is -0.125. The lowest BCUT2D eigenvalue weighted by atomic mass is 10.1. The molecule has 1 fully saturated rings. The summed E-state index contributed by atoms with van der Waals surface area (Å²) in [5, 5.41) is 13.3. The van der Waals surface area contributed by atoms with Crippen molar-refractivity contribution in [1.82, 2.24) is 24.2 Å². The molecule has 1 aliphatic heterocycles. The van der Waals surface area contributed by atoms with Crippen molar-refractivity contribution in [3.05, 3.63) is 43.0 Å². The van der Waals surface area contributed by atoms with Gasteiger partial charge in [-0.2, -0.15) is 0 Å². The summed E-state index contributed by atoms with van der Waals surface area (Å²) in [5.41, 5.74) is 0.728. The Morgan fingerprint density at radius 2 is 1.78 bits per heavy atom. The summed E-state index contributed by atoms with van der Waals surface area (Å²) < 4.78 is 40.4. The van der Waals surface area contributed by atoms with Gasteiger partial charge in [0.05, 0.1) is 32.8 Å². The summed E-state index contributed by atoms with van der Waals surface area (Å²) in [4.78, 5) is 37.7. The number of aliphatic hydroxyl groups is 1. The molecule has 0 aliphatic carbocycles. The van der Waals surface area contributed by atoms with Crippen LogP contribution >= 0.6 is 20.3 Å². The van der Waals surface area contributed by atoms with Gasteiger partial charge in [-0.05, 0) is 39.8 Å². The second kappa shape index (κ2) is 19.7. The molecule has 17 heteroatoms. The second-order valence-corrected chi connectivity index (χ2v) is 14.8. The number of nitrogens with zero attached hydrogens (tertiary/aromatic N) is 5. The third-order valence-corrected chi connectivity index (χ3v) is 10.8. The molecule has 1 aromatic carbocycles. The Morgan fingerprint density at radius 3 is 2.44 bits per heavy atom. The van der Waals surface area contributed by atoms with E-state index in [2.05, 4.69) is 52.6 Å². The van der Waals surface area contributed by atoms with Crippen LogP contribution in [0.1, 0.15) is 47.8 Å². The Bertz CT molecular complexity index is 1490. The van der Waals surface area contributed by atoms with Gasteiger partial charge >= 0.3 is 0 Å². The Labute approximate surface area is 298 Å². The molecule has 50 heavy (non-hydrogen) atoms. The normalized spacial score (nSPS) is 20.0. The summed E-state index contributed by atoms with van der Waals surface area (Å²) in [6, 6.07) is 9.17. The molecule has 1 amide bonds. The third kappa shape index (κ3) is 10.6. The molecule has 15 nitrogen and oxygen atoms in total. The fourth-order valence-electron chi connectivity index (χ4n) is 5.29. The van der Waals surface area contributed by atoms with Crippen LogP contribution in [0.5, 0.6) is 5.75 Å². The summed E-state index contributed by atoms with van der Waals surface area (Å²) in [7, 11) is -0.109. The van der Waals surface area contributed by atoms with Crippen LogP contribution in [0, 0.1) is 5.92 Å². The van der Waals surface area contributed by atoms with E-state index in [0.29, 0.717) is 35.9 Å². The highest BCUT2D eigenvalue weighted by Gasteiger charge is 2.49. The van der Waals surface area contributed by atoms with Crippen LogP contribution in [0.4, 0.5) is 5.82 Å². The first-order chi connectivity index (χ1) is 24.0. The maximum Gasteiger partial charge on any atom is 0.263 e. The van der Waals surface area contributed by atoms with Crippen molar-refractivity contribution in [3.63, 3.8) is 0 Å². The van der Waals surface area contributed by atoms with E-state index in [9.17, 15) is 14.7 Å². The molecule has 2 N–H and O–H groups in total. The lowest BCUT2D eigenvalue weighted by Gasteiger charge is -2.38. The molecule has 5 atom stereocenters. The minimum atomic E-state index is -1.66. The number of hydrogen-bond donors (Lipinski definition) is 2. The number of nitrogens with one attached hydrogen (secondary N) is 1. The average Bonchev–Trinajstić information content (AvgIpc) is 3.68. The molecule has 3 heterocycles. The van der Waals surface area contributed by atoms with Crippen LogP contribution in [-0.4, -0.2) is 117 Å². The summed E-state index contributed by atoms with van der Waals surface area (Å²) in [5.74, 6) is 0.921. The van der Waals surface area contributed by atoms with Crippen molar-refractivity contribution in [2.75, 3.05) is 51.2 Å². The highest BCUT2D eigenvalue weighted by atomic mass is 32.2. The van der Waals surface area contributed by atoms with Gasteiger partial charge in [-0.15, -0.1) is 0 Å². The monoisotopic (exact) mass is 736 g/mol. The van der Waals surface area contributed by atoms with E-state index < -0.39 is 39.0 Å². The van der Waals surface area contributed by atoms with Gasteiger partial charge in [0, 0.05) is 30.9 Å². The first-order valence-corrected chi connectivity index (χ1v) is 18.7. The summed E-state index contributed by atoms with van der Waals surface area (Å²) >= 11 is 1.27. The van der Waals surface area contributed by atoms with Crippen LogP contribution in [0.25, 0.3) is 11.2 Å². The first kappa shape index (κ1) is 40.0. The minimum absolute atomic E-state index is 0.0169. The molecule has 0 radical (unpaired) electrons. The molecule has 0 saturated carbocycles. The maximum absolute atomic E-state index is 12.7. The number of aliphatic hydroxyl groups excluding tert-OH is 1. The fraction of sp³-hybridized carbons (Fsp3) is 0.606. The maximum atomic E-state index is 12.7. The van der Waals surface area contributed by atoms with Gasteiger partial charge in [0.2, 0.25) is 0 Å². The van der Waals surface area contributed by atoms with Gasteiger partial charge in [0.25, 0.3) is 14.4 Å². The number of anilines is 1. The number of para-hydroxylation sites is 1. The van der Waals surface area contributed by atoms with Crippen molar-refractivity contribution in [1.29, 1.82) is 0 Å². The number of amides is 1.